The summed E-state index contributed by atoms with van der Waals surface area (Å²) in [5.74, 6) is -0.674. The Kier molecular flexibility index (Phi) is 4.30. The number of carbonyl (C=O) groups excluding carboxylic acids is 1. The molecule has 0 aliphatic heterocycles. The van der Waals surface area contributed by atoms with E-state index in [0.717, 1.165) is 0 Å². The van der Waals surface area contributed by atoms with Gasteiger partial charge < -0.3 is 10.4 Å². The van der Waals surface area contributed by atoms with E-state index in [4.69, 9.17) is 23.2 Å². The van der Waals surface area contributed by atoms with Crippen LogP contribution in [0.1, 0.15) is 10.4 Å². The number of aromatic hydroxyl groups is 1. The van der Waals surface area contributed by atoms with Crippen LogP contribution in [0.4, 0.5) is 11.4 Å². The van der Waals surface area contributed by atoms with E-state index in [2.05, 4.69) is 5.32 Å². The third kappa shape index (κ3) is 3.24. The lowest BCUT2D eigenvalue weighted by molar-refractivity contribution is -0.384. The maximum absolute atomic E-state index is 12.1. The van der Waals surface area contributed by atoms with Crippen LogP contribution in [0.3, 0.4) is 0 Å². The number of benzene rings is 2. The highest BCUT2D eigenvalue weighted by atomic mass is 35.5. The van der Waals surface area contributed by atoms with Crippen LogP contribution in [0.2, 0.25) is 10.0 Å². The zero-order chi connectivity index (χ0) is 15.6. The maximum Gasteiger partial charge on any atom is 0.290 e. The summed E-state index contributed by atoms with van der Waals surface area (Å²) in [5.41, 5.74) is -0.108. The first kappa shape index (κ1) is 15.1. The van der Waals surface area contributed by atoms with Crippen molar-refractivity contribution in [2.75, 3.05) is 5.32 Å². The van der Waals surface area contributed by atoms with Gasteiger partial charge in [0.15, 0.2) is 0 Å². The zero-order valence-electron chi connectivity index (χ0n) is 10.3. The molecule has 0 atom stereocenters. The van der Waals surface area contributed by atoms with Gasteiger partial charge in [-0.1, -0.05) is 29.3 Å². The lowest BCUT2D eigenvalue weighted by Crippen LogP contribution is -2.13. The SMILES string of the molecule is O=C(Nc1cccc([N+](=O)[O-])c1Cl)c1ccc(O)cc1Cl. The Hall–Kier alpha value is -2.31. The molecule has 1 amide bonds. The Morgan fingerprint density at radius 3 is 2.57 bits per heavy atom. The second-order valence-electron chi connectivity index (χ2n) is 4.01. The molecular formula is C13H8Cl2N2O4. The van der Waals surface area contributed by atoms with Gasteiger partial charge in [-0.3, -0.25) is 14.9 Å². The molecule has 0 bridgehead atoms. The van der Waals surface area contributed by atoms with Gasteiger partial charge in [0, 0.05) is 6.07 Å². The summed E-state index contributed by atoms with van der Waals surface area (Å²) in [5, 5.41) is 22.3. The zero-order valence-corrected chi connectivity index (χ0v) is 11.9. The number of nitro benzene ring substituents is 1. The molecule has 2 rings (SSSR count). The predicted octanol–water partition coefficient (Wildman–Crippen LogP) is 3.86. The van der Waals surface area contributed by atoms with E-state index >= 15 is 0 Å². The summed E-state index contributed by atoms with van der Waals surface area (Å²) in [4.78, 5) is 22.2. The summed E-state index contributed by atoms with van der Waals surface area (Å²) < 4.78 is 0. The van der Waals surface area contributed by atoms with Crippen molar-refractivity contribution in [1.29, 1.82) is 0 Å². The molecule has 0 heterocycles. The number of nitrogens with zero attached hydrogens (tertiary/aromatic N) is 1. The number of hydrogen-bond acceptors (Lipinski definition) is 4. The fraction of sp³-hybridized carbons (Fsp3) is 0. The highest BCUT2D eigenvalue weighted by molar-refractivity contribution is 6.37. The summed E-state index contributed by atoms with van der Waals surface area (Å²) >= 11 is 11.7. The molecule has 0 spiro atoms. The van der Waals surface area contributed by atoms with Crippen molar-refractivity contribution >= 4 is 40.5 Å². The molecule has 2 aromatic carbocycles. The molecule has 0 fully saturated rings. The molecule has 6 nitrogen and oxygen atoms in total. The molecule has 0 aliphatic carbocycles. The Balaban J connectivity index is 2.32. The first-order chi connectivity index (χ1) is 9.90. The van der Waals surface area contributed by atoms with Gasteiger partial charge in [-0.15, -0.1) is 0 Å². The van der Waals surface area contributed by atoms with Gasteiger partial charge in [0.2, 0.25) is 0 Å². The smallest absolute Gasteiger partial charge is 0.290 e. The quantitative estimate of drug-likeness (QED) is 0.661. The minimum Gasteiger partial charge on any atom is -0.508 e. The molecule has 108 valence electrons. The molecule has 0 saturated heterocycles. The van der Waals surface area contributed by atoms with Crippen LogP contribution >= 0.6 is 23.2 Å². The number of nitro groups is 1. The van der Waals surface area contributed by atoms with E-state index in [1.54, 1.807) is 0 Å². The first-order valence-corrected chi connectivity index (χ1v) is 6.38. The van der Waals surface area contributed by atoms with Crippen molar-refractivity contribution in [2.24, 2.45) is 0 Å². The highest BCUT2D eigenvalue weighted by Gasteiger charge is 2.18. The second kappa shape index (κ2) is 5.99. The second-order valence-corrected chi connectivity index (χ2v) is 4.80. The van der Waals surface area contributed by atoms with Crippen LogP contribution in [0.15, 0.2) is 36.4 Å². The largest absolute Gasteiger partial charge is 0.508 e. The van der Waals surface area contributed by atoms with E-state index in [0.29, 0.717) is 0 Å². The lowest BCUT2D eigenvalue weighted by Gasteiger charge is -2.08. The van der Waals surface area contributed by atoms with E-state index < -0.39 is 10.8 Å². The van der Waals surface area contributed by atoms with Crippen molar-refractivity contribution in [2.45, 2.75) is 0 Å². The molecule has 2 aromatic rings. The number of nitrogens with one attached hydrogen (secondary N) is 1. The molecule has 0 unspecified atom stereocenters. The van der Waals surface area contributed by atoms with Crippen molar-refractivity contribution in [1.82, 2.24) is 0 Å². The number of hydrogen-bond donors (Lipinski definition) is 2. The number of carbonyl (C=O) groups is 1. The number of anilines is 1. The van der Waals surface area contributed by atoms with Gasteiger partial charge in [0.25, 0.3) is 11.6 Å². The summed E-state index contributed by atoms with van der Waals surface area (Å²) in [6.45, 7) is 0. The van der Waals surface area contributed by atoms with Gasteiger partial charge >= 0.3 is 0 Å². The Bertz CT molecular complexity index is 734. The van der Waals surface area contributed by atoms with Crippen LogP contribution in [0.25, 0.3) is 0 Å². The maximum atomic E-state index is 12.1. The van der Waals surface area contributed by atoms with Crippen LogP contribution in [-0.2, 0) is 0 Å². The monoisotopic (exact) mass is 326 g/mol. The van der Waals surface area contributed by atoms with E-state index in [-0.39, 0.29) is 32.7 Å². The number of phenolic OH excluding ortho intramolecular Hbond substituents is 1. The third-order valence-electron chi connectivity index (χ3n) is 2.62. The molecule has 8 heteroatoms. The van der Waals surface area contributed by atoms with Gasteiger partial charge in [-0.25, -0.2) is 0 Å². The van der Waals surface area contributed by atoms with E-state index in [1.807, 2.05) is 0 Å². The lowest BCUT2D eigenvalue weighted by atomic mass is 10.2. The average Bonchev–Trinajstić information content (AvgIpc) is 2.40. The minimum atomic E-state index is -0.647. The minimum absolute atomic E-state index is 0.0500. The van der Waals surface area contributed by atoms with Gasteiger partial charge in [0.1, 0.15) is 10.8 Å². The fourth-order valence-electron chi connectivity index (χ4n) is 1.64. The Morgan fingerprint density at radius 1 is 1.24 bits per heavy atom. The van der Waals surface area contributed by atoms with Gasteiger partial charge in [0.05, 0.1) is 21.2 Å². The van der Waals surface area contributed by atoms with Crippen molar-refractivity contribution in [3.05, 3.63) is 62.1 Å². The van der Waals surface area contributed by atoms with Gasteiger partial charge in [-0.05, 0) is 24.3 Å². The Labute approximate surface area is 129 Å². The van der Waals surface area contributed by atoms with Crippen LogP contribution in [0.5, 0.6) is 5.75 Å². The standard InChI is InChI=1S/C13H8Cl2N2O4/c14-9-6-7(18)4-5-8(9)13(19)16-10-2-1-3-11(12(10)15)17(20)21/h1-6,18H,(H,16,19). The first-order valence-electron chi connectivity index (χ1n) is 5.63. The Morgan fingerprint density at radius 2 is 1.95 bits per heavy atom. The van der Waals surface area contributed by atoms with Crippen molar-refractivity contribution in [3.8, 4) is 5.75 Å². The molecular weight excluding hydrogens is 319 g/mol. The third-order valence-corrected chi connectivity index (χ3v) is 3.33. The van der Waals surface area contributed by atoms with Crippen molar-refractivity contribution in [3.63, 3.8) is 0 Å². The number of phenols is 1. The fourth-order valence-corrected chi connectivity index (χ4v) is 2.14. The normalized spacial score (nSPS) is 10.2. The summed E-state index contributed by atoms with van der Waals surface area (Å²) in [6, 6.07) is 7.91. The highest BCUT2D eigenvalue weighted by Crippen LogP contribution is 2.32. The molecule has 2 N–H and O–H groups in total. The van der Waals surface area contributed by atoms with E-state index in [1.165, 1.54) is 36.4 Å². The molecule has 0 aliphatic rings. The summed E-state index contributed by atoms with van der Waals surface area (Å²) in [7, 11) is 0. The number of amides is 1. The van der Waals surface area contributed by atoms with Crippen LogP contribution in [0, 0.1) is 10.1 Å². The van der Waals surface area contributed by atoms with Crippen LogP contribution < -0.4 is 5.32 Å². The molecule has 0 saturated carbocycles. The molecule has 0 aromatic heterocycles. The van der Waals surface area contributed by atoms with Crippen molar-refractivity contribution < 1.29 is 14.8 Å². The van der Waals surface area contributed by atoms with Crippen LogP contribution in [-0.4, -0.2) is 15.9 Å². The molecule has 0 radical (unpaired) electrons. The van der Waals surface area contributed by atoms with E-state index in [9.17, 15) is 20.0 Å². The topological polar surface area (TPSA) is 92.5 Å². The predicted molar refractivity (Wildman–Crippen MR) is 79.2 cm³/mol. The number of rotatable bonds is 3. The molecule has 21 heavy (non-hydrogen) atoms. The summed E-state index contributed by atoms with van der Waals surface area (Å²) in [6.07, 6.45) is 0. The number of halogens is 2. The van der Waals surface area contributed by atoms with Gasteiger partial charge in [-0.2, -0.15) is 0 Å². The average molecular weight is 327 g/mol.